The largest absolute Gasteiger partial charge is 0.396 e. The number of hydrogen-bond acceptors (Lipinski definition) is 6. The second kappa shape index (κ2) is 9.59. The van der Waals surface area contributed by atoms with Gasteiger partial charge >= 0.3 is 0 Å². The molecule has 8 nitrogen and oxygen atoms in total. The van der Waals surface area contributed by atoms with Crippen molar-refractivity contribution < 1.29 is 18.7 Å². The number of nitrogens with one attached hydrogen (secondary N) is 1. The molecule has 0 aromatic carbocycles. The zero-order valence-electron chi connectivity index (χ0n) is 16.3. The third-order valence-corrected chi connectivity index (χ3v) is 5.10. The van der Waals surface area contributed by atoms with Crippen LogP contribution < -0.4 is 17.0 Å². The molecule has 1 amide bonds. The fourth-order valence-electron chi connectivity index (χ4n) is 3.29. The minimum atomic E-state index is -1.10. The first kappa shape index (κ1) is 21.6. The lowest BCUT2D eigenvalue weighted by Gasteiger charge is -2.31. The van der Waals surface area contributed by atoms with Crippen molar-refractivity contribution in [3.8, 4) is 0 Å². The van der Waals surface area contributed by atoms with Gasteiger partial charge in [-0.2, -0.15) is 0 Å². The van der Waals surface area contributed by atoms with Crippen LogP contribution in [-0.2, 0) is 0 Å². The van der Waals surface area contributed by atoms with E-state index in [0.29, 0.717) is 25.9 Å². The van der Waals surface area contributed by atoms with E-state index in [1.807, 2.05) is 0 Å². The molecule has 0 saturated carbocycles. The molecule has 0 atom stereocenters. The highest BCUT2D eigenvalue weighted by atomic mass is 19.2. The van der Waals surface area contributed by atoms with Gasteiger partial charge in [0.15, 0.2) is 11.7 Å². The normalized spacial score (nSPS) is 18.3. The molecule has 1 saturated heterocycles. The van der Waals surface area contributed by atoms with Gasteiger partial charge in [-0.25, -0.2) is 24.6 Å². The summed E-state index contributed by atoms with van der Waals surface area (Å²) in [6.07, 6.45) is 6.86. The van der Waals surface area contributed by atoms with E-state index in [-0.39, 0.29) is 53.3 Å². The number of nitrogens with zero attached hydrogens (tertiary/aromatic N) is 3. The summed E-state index contributed by atoms with van der Waals surface area (Å²) in [6, 6.07) is 1.46. The number of aliphatic imine (C=N–C) groups is 1. The van der Waals surface area contributed by atoms with Crippen LogP contribution >= 0.6 is 0 Å². The fraction of sp³-hybridized carbons (Fsp3) is 0.350. The number of halogens is 2. The Kier molecular flexibility index (Phi) is 6.91. The predicted molar refractivity (Wildman–Crippen MR) is 109 cm³/mol. The van der Waals surface area contributed by atoms with Crippen LogP contribution in [0.25, 0.3) is 0 Å². The summed E-state index contributed by atoms with van der Waals surface area (Å²) < 4.78 is 28.0. The molecule has 0 radical (unpaired) electrons. The van der Waals surface area contributed by atoms with Crippen molar-refractivity contribution in [2.45, 2.75) is 19.3 Å². The Labute approximate surface area is 172 Å². The molecule has 0 spiro atoms. The van der Waals surface area contributed by atoms with Gasteiger partial charge < -0.3 is 21.2 Å². The third-order valence-electron chi connectivity index (χ3n) is 5.10. The maximum atomic E-state index is 14.2. The zero-order chi connectivity index (χ0) is 21.7. The van der Waals surface area contributed by atoms with Gasteiger partial charge in [-0.1, -0.05) is 12.2 Å². The number of amides is 1. The van der Waals surface area contributed by atoms with E-state index in [1.54, 1.807) is 4.90 Å². The number of aliphatic hydroxyl groups is 1. The number of carbonyl (C=O) groups is 1. The Morgan fingerprint density at radius 1 is 1.37 bits per heavy atom. The average Bonchev–Trinajstić information content (AvgIpc) is 2.93. The molecule has 0 bridgehead atoms. The van der Waals surface area contributed by atoms with Gasteiger partial charge in [0, 0.05) is 32.3 Å². The number of nitrogen functional groups attached to an aromatic ring is 1. The number of allylic oxidation sites excluding steroid dienone is 5. The van der Waals surface area contributed by atoms with Crippen molar-refractivity contribution >= 4 is 17.6 Å². The van der Waals surface area contributed by atoms with Crippen molar-refractivity contribution in [1.29, 1.82) is 0 Å². The number of carbonyl (C=O) groups excluding carboxylic acids is 1. The number of rotatable bonds is 4. The standard InChI is InChI=1S/C20H24F2N6O2/c21-15-3-1-2-4-16(17(15)22)26-19(27-24)14-9-13(10-25-18(14)23)20(30)28-7-5-12(11-29)6-8-28/h1-2,4,9-10,12,29H,3,5-8,11,24H2,(H2,23,25)(H,26,27). The quantitative estimate of drug-likeness (QED) is 0.255. The average molecular weight is 418 g/mol. The topological polar surface area (TPSA) is 130 Å². The predicted octanol–water partition coefficient (Wildman–Crippen LogP) is 1.71. The van der Waals surface area contributed by atoms with Crippen LogP contribution in [0.15, 0.2) is 52.8 Å². The summed E-state index contributed by atoms with van der Waals surface area (Å²) in [7, 11) is 0. The second-order valence-corrected chi connectivity index (χ2v) is 7.08. The van der Waals surface area contributed by atoms with Gasteiger partial charge in [0.05, 0.1) is 11.1 Å². The molecule has 6 N–H and O–H groups in total. The van der Waals surface area contributed by atoms with Crippen LogP contribution in [0.2, 0.25) is 0 Å². The number of amidine groups is 1. The van der Waals surface area contributed by atoms with Crippen LogP contribution in [0.5, 0.6) is 0 Å². The SMILES string of the molecule is NNC(=NC1=CC=CCC(F)=C1F)c1cc(C(=O)N2CCC(CO)CC2)cnc1N. The molecule has 160 valence electrons. The number of anilines is 1. The number of hydrazine groups is 1. The van der Waals surface area contributed by atoms with Gasteiger partial charge in [0.2, 0.25) is 0 Å². The molecule has 2 aliphatic rings. The van der Waals surface area contributed by atoms with Crippen molar-refractivity contribution in [1.82, 2.24) is 15.3 Å². The number of nitrogens with two attached hydrogens (primary N) is 2. The van der Waals surface area contributed by atoms with E-state index in [4.69, 9.17) is 11.6 Å². The zero-order valence-corrected chi connectivity index (χ0v) is 16.3. The lowest BCUT2D eigenvalue weighted by molar-refractivity contribution is 0.0650. The molecule has 1 aliphatic carbocycles. The van der Waals surface area contributed by atoms with Gasteiger partial charge in [-0.05, 0) is 30.9 Å². The fourth-order valence-corrected chi connectivity index (χ4v) is 3.29. The minimum absolute atomic E-state index is 0.0249. The number of aromatic nitrogens is 1. The van der Waals surface area contributed by atoms with Gasteiger partial charge in [-0.3, -0.25) is 4.79 Å². The van der Waals surface area contributed by atoms with Crippen LogP contribution in [0.3, 0.4) is 0 Å². The Balaban J connectivity index is 1.90. The summed E-state index contributed by atoms with van der Waals surface area (Å²) in [5.41, 5.74) is 8.44. The Bertz CT molecular complexity index is 933. The Morgan fingerprint density at radius 3 is 2.77 bits per heavy atom. The smallest absolute Gasteiger partial charge is 0.255 e. The summed E-state index contributed by atoms with van der Waals surface area (Å²) in [6.45, 7) is 1.15. The molecule has 0 unspecified atom stereocenters. The van der Waals surface area contributed by atoms with Crippen LogP contribution in [0, 0.1) is 5.92 Å². The Hall–Kier alpha value is -3.11. The maximum absolute atomic E-state index is 14.2. The molecular weight excluding hydrogens is 394 g/mol. The highest BCUT2D eigenvalue weighted by Crippen LogP contribution is 2.25. The molecular formula is C20H24F2N6O2. The van der Waals surface area contributed by atoms with Crippen molar-refractivity contribution in [2.24, 2.45) is 16.8 Å². The third kappa shape index (κ3) is 4.71. The molecule has 10 heteroatoms. The molecule has 2 heterocycles. The molecule has 1 aromatic rings. The molecule has 1 aromatic heterocycles. The molecule has 1 aliphatic heterocycles. The highest BCUT2D eigenvalue weighted by molar-refractivity contribution is 6.05. The van der Waals surface area contributed by atoms with E-state index in [1.165, 1.54) is 30.5 Å². The lowest BCUT2D eigenvalue weighted by atomic mass is 9.97. The number of aliphatic hydroxyl groups excluding tert-OH is 1. The van der Waals surface area contributed by atoms with Gasteiger partial charge in [-0.15, -0.1) is 0 Å². The van der Waals surface area contributed by atoms with Crippen LogP contribution in [-0.4, -0.2) is 46.4 Å². The van der Waals surface area contributed by atoms with Crippen molar-refractivity contribution in [3.63, 3.8) is 0 Å². The van der Waals surface area contributed by atoms with Crippen LogP contribution in [0.1, 0.15) is 35.2 Å². The highest BCUT2D eigenvalue weighted by Gasteiger charge is 2.24. The first-order valence-corrected chi connectivity index (χ1v) is 9.57. The van der Waals surface area contributed by atoms with Gasteiger partial charge in [0.1, 0.15) is 17.3 Å². The monoisotopic (exact) mass is 418 g/mol. The number of likely N-dealkylation sites (tertiary alicyclic amines) is 1. The number of hydrogen-bond donors (Lipinski definition) is 4. The number of pyridine rings is 1. The second-order valence-electron chi connectivity index (χ2n) is 7.08. The van der Waals surface area contributed by atoms with E-state index < -0.39 is 11.7 Å². The molecule has 1 fully saturated rings. The van der Waals surface area contributed by atoms with Crippen molar-refractivity contribution in [2.75, 3.05) is 25.4 Å². The molecule has 30 heavy (non-hydrogen) atoms. The van der Waals surface area contributed by atoms with E-state index in [2.05, 4.69) is 15.4 Å². The first-order valence-electron chi connectivity index (χ1n) is 9.57. The summed E-state index contributed by atoms with van der Waals surface area (Å²) in [4.78, 5) is 22.6. The number of piperidine rings is 1. The van der Waals surface area contributed by atoms with E-state index >= 15 is 0 Å². The van der Waals surface area contributed by atoms with Crippen molar-refractivity contribution in [3.05, 3.63) is 59.0 Å². The lowest BCUT2D eigenvalue weighted by Crippen LogP contribution is -2.39. The maximum Gasteiger partial charge on any atom is 0.255 e. The minimum Gasteiger partial charge on any atom is -0.396 e. The summed E-state index contributed by atoms with van der Waals surface area (Å²) in [5, 5.41) is 9.25. The van der Waals surface area contributed by atoms with Gasteiger partial charge in [0.25, 0.3) is 5.91 Å². The Morgan fingerprint density at radius 2 is 2.10 bits per heavy atom. The van der Waals surface area contributed by atoms with Crippen LogP contribution in [0.4, 0.5) is 14.6 Å². The van der Waals surface area contributed by atoms with E-state index in [0.717, 1.165) is 0 Å². The summed E-state index contributed by atoms with van der Waals surface area (Å²) in [5.74, 6) is 3.42. The summed E-state index contributed by atoms with van der Waals surface area (Å²) >= 11 is 0. The van der Waals surface area contributed by atoms with E-state index in [9.17, 15) is 18.7 Å². The first-order chi connectivity index (χ1) is 14.4. The molecule has 3 rings (SSSR count).